The first-order valence-electron chi connectivity index (χ1n) is 4.48. The summed E-state index contributed by atoms with van der Waals surface area (Å²) in [5, 5.41) is 11.7. The monoisotopic (exact) mass is 228 g/mol. The van der Waals surface area contributed by atoms with Gasteiger partial charge in [-0.1, -0.05) is 5.16 Å². The third-order valence-electron chi connectivity index (χ3n) is 2.06. The molecule has 1 fully saturated rings. The number of carboxylic acids is 1. The van der Waals surface area contributed by atoms with Gasteiger partial charge in [0.2, 0.25) is 0 Å². The fraction of sp³-hybridized carbons (Fsp3) is 0.444. The van der Waals surface area contributed by atoms with Gasteiger partial charge in [-0.05, 0) is 6.92 Å². The first-order valence-corrected chi connectivity index (χ1v) is 4.48. The van der Waals surface area contributed by atoms with Gasteiger partial charge in [-0.2, -0.15) is 0 Å². The van der Waals surface area contributed by atoms with Crippen molar-refractivity contribution in [2.45, 2.75) is 6.92 Å². The molecule has 1 saturated heterocycles. The lowest BCUT2D eigenvalue weighted by molar-refractivity contribution is -0.139. The number of oxime groups is 1. The third-order valence-corrected chi connectivity index (χ3v) is 2.06. The number of rotatable bonds is 4. The van der Waals surface area contributed by atoms with Crippen LogP contribution in [0.15, 0.2) is 17.3 Å². The van der Waals surface area contributed by atoms with Crippen LogP contribution in [-0.4, -0.2) is 36.1 Å². The van der Waals surface area contributed by atoms with E-state index in [0.29, 0.717) is 19.3 Å². The minimum absolute atomic E-state index is 0.149. The van der Waals surface area contributed by atoms with E-state index >= 15 is 0 Å². The van der Waals surface area contributed by atoms with Gasteiger partial charge in [0.1, 0.15) is 0 Å². The Morgan fingerprint density at radius 3 is 2.56 bits per heavy atom. The topological polar surface area (TPSA) is 111 Å². The number of aliphatic carboxylic acids is 1. The van der Waals surface area contributed by atoms with E-state index in [9.17, 15) is 9.59 Å². The molecule has 0 atom stereocenters. The van der Waals surface area contributed by atoms with Crippen LogP contribution in [-0.2, 0) is 19.2 Å². The fourth-order valence-corrected chi connectivity index (χ4v) is 0.930. The molecule has 7 heteroatoms. The summed E-state index contributed by atoms with van der Waals surface area (Å²) in [6.45, 7) is 2.66. The summed E-state index contributed by atoms with van der Waals surface area (Å²) < 4.78 is 4.95. The van der Waals surface area contributed by atoms with Crippen LogP contribution in [0.1, 0.15) is 6.92 Å². The molecule has 0 spiro atoms. The predicted octanol–water partition coefficient (Wildman–Crippen LogP) is -0.521. The Bertz CT molecular complexity index is 357. The molecule has 0 aromatic heterocycles. The van der Waals surface area contributed by atoms with Crippen molar-refractivity contribution in [2.24, 2.45) is 16.3 Å². The maximum Gasteiger partial charge on any atom is 0.358 e. The highest BCUT2D eigenvalue weighted by atomic mass is 16.7. The van der Waals surface area contributed by atoms with Gasteiger partial charge in [-0.3, -0.25) is 0 Å². The molecule has 3 N–H and O–H groups in total. The molecule has 7 nitrogen and oxygen atoms in total. The molecule has 0 aromatic rings. The molecular formula is C9H12N2O5. The summed E-state index contributed by atoms with van der Waals surface area (Å²) in [6, 6.07) is 0. The van der Waals surface area contributed by atoms with E-state index in [1.165, 1.54) is 0 Å². The van der Waals surface area contributed by atoms with Gasteiger partial charge in [0.05, 0.1) is 18.6 Å². The van der Waals surface area contributed by atoms with Crippen molar-refractivity contribution >= 4 is 17.8 Å². The van der Waals surface area contributed by atoms with Crippen LogP contribution in [0.5, 0.6) is 0 Å². The summed E-state index contributed by atoms with van der Waals surface area (Å²) in [5.41, 5.74) is 5.16. The SMILES string of the molecule is CC1(/C(N)=N/OC(=O)C=CC(=O)O)COC1. The maximum absolute atomic E-state index is 10.9. The van der Waals surface area contributed by atoms with Gasteiger partial charge in [-0.15, -0.1) is 0 Å². The Hall–Kier alpha value is -1.89. The molecule has 1 aliphatic heterocycles. The summed E-state index contributed by atoms with van der Waals surface area (Å²) in [6.07, 6.45) is 1.40. The largest absolute Gasteiger partial charge is 0.478 e. The minimum Gasteiger partial charge on any atom is -0.478 e. The van der Waals surface area contributed by atoms with Crippen molar-refractivity contribution in [3.8, 4) is 0 Å². The first-order chi connectivity index (χ1) is 7.44. The van der Waals surface area contributed by atoms with E-state index in [4.69, 9.17) is 15.6 Å². The van der Waals surface area contributed by atoms with Crippen LogP contribution in [0.2, 0.25) is 0 Å². The Kier molecular flexibility index (Phi) is 3.62. The number of nitrogens with two attached hydrogens (primary N) is 1. The van der Waals surface area contributed by atoms with Crippen LogP contribution >= 0.6 is 0 Å². The minimum atomic E-state index is -1.24. The molecule has 0 saturated carbocycles. The first kappa shape index (κ1) is 12.2. The van der Waals surface area contributed by atoms with Crippen molar-refractivity contribution in [2.75, 3.05) is 13.2 Å². The van der Waals surface area contributed by atoms with E-state index in [2.05, 4.69) is 9.99 Å². The van der Waals surface area contributed by atoms with Crippen LogP contribution in [0.4, 0.5) is 0 Å². The Balaban J connectivity index is 2.46. The predicted molar refractivity (Wildman–Crippen MR) is 53.4 cm³/mol. The van der Waals surface area contributed by atoms with Crippen molar-refractivity contribution in [1.29, 1.82) is 0 Å². The summed E-state index contributed by atoms with van der Waals surface area (Å²) in [7, 11) is 0. The molecular weight excluding hydrogens is 216 g/mol. The van der Waals surface area contributed by atoms with Crippen LogP contribution < -0.4 is 5.73 Å². The number of carbonyl (C=O) groups is 2. The number of carboxylic acid groups (broad SMARTS) is 1. The van der Waals surface area contributed by atoms with Crippen molar-refractivity contribution < 1.29 is 24.3 Å². The number of ether oxygens (including phenoxy) is 1. The Labute approximate surface area is 91.5 Å². The van der Waals surface area contributed by atoms with Crippen LogP contribution in [0.25, 0.3) is 0 Å². The molecule has 1 rings (SSSR count). The van der Waals surface area contributed by atoms with Gasteiger partial charge >= 0.3 is 11.9 Å². The quantitative estimate of drug-likeness (QED) is 0.220. The molecule has 1 aliphatic rings. The van der Waals surface area contributed by atoms with Gasteiger partial charge in [-0.25, -0.2) is 9.59 Å². The number of hydrogen-bond acceptors (Lipinski definition) is 5. The summed E-state index contributed by atoms with van der Waals surface area (Å²) in [5.74, 6) is -1.99. The van der Waals surface area contributed by atoms with Gasteiger partial charge in [0.25, 0.3) is 0 Å². The highest BCUT2D eigenvalue weighted by Gasteiger charge is 2.38. The molecule has 88 valence electrons. The average molecular weight is 228 g/mol. The summed E-state index contributed by atoms with van der Waals surface area (Å²) in [4.78, 5) is 25.4. The van der Waals surface area contributed by atoms with Crippen molar-refractivity contribution in [1.82, 2.24) is 0 Å². The van der Waals surface area contributed by atoms with Crippen LogP contribution in [0.3, 0.4) is 0 Å². The van der Waals surface area contributed by atoms with E-state index in [-0.39, 0.29) is 5.84 Å². The highest BCUT2D eigenvalue weighted by molar-refractivity contribution is 5.92. The molecule has 1 heterocycles. The summed E-state index contributed by atoms with van der Waals surface area (Å²) >= 11 is 0. The molecule has 0 unspecified atom stereocenters. The molecule has 0 radical (unpaired) electrons. The number of hydrogen-bond donors (Lipinski definition) is 2. The number of carbonyl (C=O) groups excluding carboxylic acids is 1. The smallest absolute Gasteiger partial charge is 0.358 e. The maximum atomic E-state index is 10.9. The molecule has 16 heavy (non-hydrogen) atoms. The molecule has 0 aliphatic carbocycles. The lowest BCUT2D eigenvalue weighted by atomic mass is 9.87. The second-order valence-corrected chi connectivity index (χ2v) is 3.61. The van der Waals surface area contributed by atoms with E-state index in [1.54, 1.807) is 0 Å². The van der Waals surface area contributed by atoms with E-state index in [1.807, 2.05) is 6.92 Å². The Morgan fingerprint density at radius 1 is 1.50 bits per heavy atom. The lowest BCUT2D eigenvalue weighted by Crippen LogP contribution is -2.50. The standard InChI is InChI=1S/C9H12N2O5/c1-9(4-15-5-9)8(10)11-16-7(14)3-2-6(12)13/h2-3H,4-5H2,1H3,(H2,10,11)(H,12,13). The fourth-order valence-electron chi connectivity index (χ4n) is 0.930. The lowest BCUT2D eigenvalue weighted by Gasteiger charge is -2.36. The van der Waals surface area contributed by atoms with Gasteiger partial charge in [0, 0.05) is 12.2 Å². The normalized spacial score (nSPS) is 19.2. The number of nitrogens with zero attached hydrogens (tertiary/aromatic N) is 1. The van der Waals surface area contributed by atoms with Crippen molar-refractivity contribution in [3.63, 3.8) is 0 Å². The van der Waals surface area contributed by atoms with Crippen LogP contribution in [0, 0.1) is 5.41 Å². The number of amidine groups is 1. The second kappa shape index (κ2) is 4.75. The molecule has 0 amide bonds. The highest BCUT2D eigenvalue weighted by Crippen LogP contribution is 2.26. The second-order valence-electron chi connectivity index (χ2n) is 3.61. The van der Waals surface area contributed by atoms with E-state index < -0.39 is 17.4 Å². The zero-order valence-corrected chi connectivity index (χ0v) is 8.67. The van der Waals surface area contributed by atoms with Gasteiger partial charge in [0.15, 0.2) is 5.84 Å². The molecule has 0 bridgehead atoms. The average Bonchev–Trinajstić information content (AvgIpc) is 2.19. The Morgan fingerprint density at radius 2 is 2.12 bits per heavy atom. The zero-order valence-electron chi connectivity index (χ0n) is 8.67. The van der Waals surface area contributed by atoms with Gasteiger partial charge < -0.3 is 20.4 Å². The van der Waals surface area contributed by atoms with E-state index in [0.717, 1.165) is 6.08 Å². The third kappa shape index (κ3) is 3.06. The molecule has 0 aromatic carbocycles. The van der Waals surface area contributed by atoms with Crippen molar-refractivity contribution in [3.05, 3.63) is 12.2 Å². The zero-order chi connectivity index (χ0) is 12.2.